The van der Waals surface area contributed by atoms with Crippen LogP contribution in [0.25, 0.3) is 16.6 Å². The summed E-state index contributed by atoms with van der Waals surface area (Å²) in [5.41, 5.74) is 0.873. The minimum absolute atomic E-state index is 0.0737. The molecule has 31 heavy (non-hydrogen) atoms. The van der Waals surface area contributed by atoms with Crippen molar-refractivity contribution in [3.05, 3.63) is 64.7 Å². The van der Waals surface area contributed by atoms with Gasteiger partial charge < -0.3 is 4.90 Å². The molecule has 1 amide bonds. The number of piperidine rings is 1. The molecule has 0 bridgehead atoms. The molecule has 162 valence electrons. The summed E-state index contributed by atoms with van der Waals surface area (Å²) in [5.74, 6) is -0.302. The van der Waals surface area contributed by atoms with Crippen molar-refractivity contribution < 1.29 is 9.18 Å². The van der Waals surface area contributed by atoms with Crippen LogP contribution in [0, 0.1) is 5.82 Å². The van der Waals surface area contributed by atoms with Crippen molar-refractivity contribution in [1.29, 1.82) is 0 Å². The molecule has 5 nitrogen and oxygen atoms in total. The number of rotatable bonds is 5. The molecule has 1 aromatic heterocycles. The highest BCUT2D eigenvalue weighted by atomic mass is 32.2. The first-order valence-electron chi connectivity index (χ1n) is 10.7. The van der Waals surface area contributed by atoms with E-state index in [0.29, 0.717) is 21.7 Å². The minimum Gasteiger partial charge on any atom is -0.339 e. The Morgan fingerprint density at radius 3 is 2.68 bits per heavy atom. The highest BCUT2D eigenvalue weighted by Crippen LogP contribution is 2.29. The van der Waals surface area contributed by atoms with Crippen molar-refractivity contribution in [3.63, 3.8) is 0 Å². The molecule has 1 fully saturated rings. The lowest BCUT2D eigenvalue weighted by atomic mass is 10.00. The summed E-state index contributed by atoms with van der Waals surface area (Å²) < 4.78 is 15.0. The van der Waals surface area contributed by atoms with E-state index in [0.717, 1.165) is 32.2 Å². The molecule has 7 heteroatoms. The van der Waals surface area contributed by atoms with Crippen LogP contribution in [-0.4, -0.2) is 38.2 Å². The molecule has 2 aromatic carbocycles. The van der Waals surface area contributed by atoms with E-state index in [1.54, 1.807) is 30.3 Å². The molecular formula is C24H26FN3O2S. The second kappa shape index (κ2) is 9.22. The SMILES string of the molecule is CCC1CCCCN1C(=O)C(C)Sc1nc2ccccc2c(=O)n1-c1ccc(F)cc1. The zero-order valence-electron chi connectivity index (χ0n) is 17.8. The maximum absolute atomic E-state index is 13.5. The predicted octanol–water partition coefficient (Wildman–Crippen LogP) is 4.80. The fourth-order valence-electron chi connectivity index (χ4n) is 4.17. The predicted molar refractivity (Wildman–Crippen MR) is 122 cm³/mol. The number of aromatic nitrogens is 2. The lowest BCUT2D eigenvalue weighted by Crippen LogP contribution is -2.46. The Balaban J connectivity index is 1.74. The summed E-state index contributed by atoms with van der Waals surface area (Å²) in [6.45, 7) is 4.76. The van der Waals surface area contributed by atoms with Crippen LogP contribution in [0.1, 0.15) is 39.5 Å². The first kappa shape index (κ1) is 21.6. The Morgan fingerprint density at radius 1 is 1.19 bits per heavy atom. The van der Waals surface area contributed by atoms with Gasteiger partial charge in [0.25, 0.3) is 5.56 Å². The maximum atomic E-state index is 13.5. The van der Waals surface area contributed by atoms with E-state index < -0.39 is 5.25 Å². The second-order valence-corrected chi connectivity index (χ2v) is 9.19. The molecule has 2 unspecified atom stereocenters. The van der Waals surface area contributed by atoms with Gasteiger partial charge in [-0.25, -0.2) is 9.37 Å². The molecule has 1 saturated heterocycles. The van der Waals surface area contributed by atoms with Gasteiger partial charge >= 0.3 is 0 Å². The molecule has 3 aromatic rings. The van der Waals surface area contributed by atoms with Crippen molar-refractivity contribution in [2.24, 2.45) is 0 Å². The maximum Gasteiger partial charge on any atom is 0.266 e. The number of benzene rings is 2. The number of hydrogen-bond donors (Lipinski definition) is 0. The summed E-state index contributed by atoms with van der Waals surface area (Å²) in [6.07, 6.45) is 4.15. The number of para-hydroxylation sites is 1. The van der Waals surface area contributed by atoms with Crippen LogP contribution in [0.2, 0.25) is 0 Å². The Morgan fingerprint density at radius 2 is 1.94 bits per heavy atom. The largest absolute Gasteiger partial charge is 0.339 e. The third-order valence-corrected chi connectivity index (χ3v) is 6.88. The summed E-state index contributed by atoms with van der Waals surface area (Å²) >= 11 is 1.28. The van der Waals surface area contributed by atoms with Crippen LogP contribution >= 0.6 is 11.8 Å². The number of hydrogen-bond acceptors (Lipinski definition) is 4. The minimum atomic E-state index is -0.396. The molecule has 0 spiro atoms. The molecule has 2 heterocycles. The summed E-state index contributed by atoms with van der Waals surface area (Å²) in [5, 5.41) is 0.519. The number of carbonyl (C=O) groups excluding carboxylic acids is 1. The molecule has 1 aliphatic heterocycles. The van der Waals surface area contributed by atoms with E-state index in [-0.39, 0.29) is 23.3 Å². The van der Waals surface area contributed by atoms with E-state index in [1.165, 1.54) is 28.5 Å². The molecule has 1 aliphatic rings. The molecule has 0 saturated carbocycles. The van der Waals surface area contributed by atoms with E-state index >= 15 is 0 Å². The van der Waals surface area contributed by atoms with Gasteiger partial charge in [0, 0.05) is 12.6 Å². The van der Waals surface area contributed by atoms with Crippen LogP contribution in [0.5, 0.6) is 0 Å². The van der Waals surface area contributed by atoms with Crippen molar-refractivity contribution >= 4 is 28.6 Å². The lowest BCUT2D eigenvalue weighted by Gasteiger charge is -2.36. The van der Waals surface area contributed by atoms with Crippen LogP contribution in [0.15, 0.2) is 58.5 Å². The smallest absolute Gasteiger partial charge is 0.266 e. The first-order valence-corrected chi connectivity index (χ1v) is 11.6. The third kappa shape index (κ3) is 4.37. The first-order chi connectivity index (χ1) is 15.0. The standard InChI is InChI=1S/C24H26FN3O2S/c1-3-18-8-6-7-15-27(18)22(29)16(2)31-24-26-21-10-5-4-9-20(21)23(30)28(24)19-13-11-17(25)12-14-19/h4-5,9-14,16,18H,3,6-8,15H2,1-2H3. The van der Waals surface area contributed by atoms with Gasteiger partial charge in [0.2, 0.25) is 5.91 Å². The average Bonchev–Trinajstić information content (AvgIpc) is 2.79. The Labute approximate surface area is 185 Å². The zero-order valence-corrected chi connectivity index (χ0v) is 18.6. The molecular weight excluding hydrogens is 413 g/mol. The monoisotopic (exact) mass is 439 g/mol. The van der Waals surface area contributed by atoms with Gasteiger partial charge in [0.15, 0.2) is 5.16 Å². The quantitative estimate of drug-likeness (QED) is 0.423. The van der Waals surface area contributed by atoms with Crippen LogP contribution in [0.3, 0.4) is 0 Å². The summed E-state index contributed by atoms with van der Waals surface area (Å²) in [7, 11) is 0. The highest BCUT2D eigenvalue weighted by Gasteiger charge is 2.30. The number of amides is 1. The van der Waals surface area contributed by atoms with Gasteiger partial charge in [-0.3, -0.25) is 14.2 Å². The third-order valence-electron chi connectivity index (χ3n) is 5.84. The normalized spacial score (nSPS) is 17.6. The topological polar surface area (TPSA) is 55.2 Å². The van der Waals surface area contributed by atoms with E-state index in [4.69, 9.17) is 4.98 Å². The Hall–Kier alpha value is -2.67. The van der Waals surface area contributed by atoms with Crippen LogP contribution < -0.4 is 5.56 Å². The fraction of sp³-hybridized carbons (Fsp3) is 0.375. The molecule has 2 atom stereocenters. The summed E-state index contributed by atoms with van der Waals surface area (Å²) in [6, 6.07) is 13.2. The van der Waals surface area contributed by atoms with Gasteiger partial charge in [-0.15, -0.1) is 0 Å². The van der Waals surface area contributed by atoms with E-state index in [1.807, 2.05) is 17.9 Å². The highest BCUT2D eigenvalue weighted by molar-refractivity contribution is 8.00. The zero-order chi connectivity index (χ0) is 22.0. The summed E-state index contributed by atoms with van der Waals surface area (Å²) in [4.78, 5) is 33.3. The number of carbonyl (C=O) groups is 1. The molecule has 4 rings (SSSR count). The van der Waals surface area contributed by atoms with Gasteiger partial charge in [0.1, 0.15) is 5.82 Å². The van der Waals surface area contributed by atoms with Crippen molar-refractivity contribution in [1.82, 2.24) is 14.5 Å². The molecule has 0 aliphatic carbocycles. The Kier molecular flexibility index (Phi) is 6.41. The number of likely N-dealkylation sites (tertiary alicyclic amines) is 1. The molecule has 0 N–H and O–H groups in total. The van der Waals surface area contributed by atoms with Gasteiger partial charge in [-0.1, -0.05) is 30.8 Å². The van der Waals surface area contributed by atoms with Crippen molar-refractivity contribution in [3.8, 4) is 5.69 Å². The van der Waals surface area contributed by atoms with E-state index in [2.05, 4.69) is 6.92 Å². The second-order valence-electron chi connectivity index (χ2n) is 7.88. The van der Waals surface area contributed by atoms with Crippen LogP contribution in [0.4, 0.5) is 4.39 Å². The number of fused-ring (bicyclic) bond motifs is 1. The average molecular weight is 440 g/mol. The number of halogens is 1. The Bertz CT molecular complexity index is 1150. The van der Waals surface area contributed by atoms with Crippen molar-refractivity contribution in [2.45, 2.75) is 56.0 Å². The van der Waals surface area contributed by atoms with Crippen molar-refractivity contribution in [2.75, 3.05) is 6.54 Å². The van der Waals surface area contributed by atoms with Gasteiger partial charge in [-0.2, -0.15) is 0 Å². The van der Waals surface area contributed by atoms with E-state index in [9.17, 15) is 14.0 Å². The number of nitrogens with zero attached hydrogens (tertiary/aromatic N) is 3. The lowest BCUT2D eigenvalue weighted by molar-refractivity contribution is -0.134. The molecule has 0 radical (unpaired) electrons. The van der Waals surface area contributed by atoms with Gasteiger partial charge in [-0.05, 0) is 69.0 Å². The van der Waals surface area contributed by atoms with Crippen LogP contribution in [-0.2, 0) is 4.79 Å². The number of thioether (sulfide) groups is 1. The fourth-order valence-corrected chi connectivity index (χ4v) is 5.16. The van der Waals surface area contributed by atoms with Gasteiger partial charge in [0.05, 0.1) is 21.8 Å².